The monoisotopic (exact) mass is 353 g/mol. The van der Waals surface area contributed by atoms with Crippen LogP contribution in [0.15, 0.2) is 63.9 Å². The number of hydrogen-bond donors (Lipinski definition) is 0. The van der Waals surface area contributed by atoms with Crippen molar-refractivity contribution in [3.8, 4) is 16.9 Å². The lowest BCUT2D eigenvalue weighted by atomic mass is 10.1. The Labute approximate surface area is 135 Å². The van der Waals surface area contributed by atoms with Crippen LogP contribution in [0.1, 0.15) is 5.69 Å². The summed E-state index contributed by atoms with van der Waals surface area (Å²) in [6, 6.07) is 14.2. The number of para-hydroxylation sites is 1. The van der Waals surface area contributed by atoms with E-state index in [9.17, 15) is 0 Å². The second-order valence-electron chi connectivity index (χ2n) is 5.06. The van der Waals surface area contributed by atoms with E-state index in [2.05, 4.69) is 43.9 Å². The summed E-state index contributed by atoms with van der Waals surface area (Å²) in [5.74, 6) is 0. The van der Waals surface area contributed by atoms with E-state index in [0.29, 0.717) is 0 Å². The molecule has 0 radical (unpaired) electrons. The molecule has 0 atom stereocenters. The molecule has 0 aliphatic rings. The Morgan fingerprint density at radius 3 is 2.64 bits per heavy atom. The number of pyridine rings is 1. The molecule has 0 aliphatic carbocycles. The topological polar surface area (TPSA) is 43.9 Å². The van der Waals surface area contributed by atoms with Crippen molar-refractivity contribution in [2.24, 2.45) is 0 Å². The van der Waals surface area contributed by atoms with Gasteiger partial charge in [0.2, 0.25) is 0 Å². The second-order valence-corrected chi connectivity index (χ2v) is 5.92. The van der Waals surface area contributed by atoms with E-state index in [1.165, 1.54) is 0 Å². The van der Waals surface area contributed by atoms with E-state index in [-0.39, 0.29) is 0 Å². The Balaban J connectivity index is 1.97. The zero-order chi connectivity index (χ0) is 15.1. The van der Waals surface area contributed by atoms with Crippen LogP contribution >= 0.6 is 15.9 Å². The Bertz CT molecular complexity index is 957. The summed E-state index contributed by atoms with van der Waals surface area (Å²) in [4.78, 5) is 4.81. The zero-order valence-electron chi connectivity index (χ0n) is 11.8. The molecule has 3 aromatic heterocycles. The van der Waals surface area contributed by atoms with Crippen LogP contribution in [0.5, 0.6) is 0 Å². The molecule has 1 aromatic carbocycles. The zero-order valence-corrected chi connectivity index (χ0v) is 13.4. The number of halogens is 1. The van der Waals surface area contributed by atoms with E-state index >= 15 is 0 Å². The van der Waals surface area contributed by atoms with Gasteiger partial charge < -0.3 is 9.09 Å². The van der Waals surface area contributed by atoms with Crippen LogP contribution in [0.4, 0.5) is 0 Å². The summed E-state index contributed by atoms with van der Waals surface area (Å²) in [6.45, 7) is 1.91. The minimum atomic E-state index is 0.837. The fraction of sp³-hybridized carbons (Fsp3) is 0.0588. The number of benzene rings is 1. The van der Waals surface area contributed by atoms with Crippen molar-refractivity contribution >= 4 is 27.0 Å². The average Bonchev–Trinajstić information content (AvgIpc) is 3.12. The van der Waals surface area contributed by atoms with E-state index in [1.54, 1.807) is 6.26 Å². The largest absolute Gasteiger partial charge is 0.364 e. The van der Waals surface area contributed by atoms with Gasteiger partial charge in [-0.3, -0.25) is 0 Å². The lowest BCUT2D eigenvalue weighted by Gasteiger charge is -2.05. The van der Waals surface area contributed by atoms with Gasteiger partial charge in [0.15, 0.2) is 0 Å². The number of hydrogen-bond acceptors (Lipinski definition) is 3. The summed E-state index contributed by atoms with van der Waals surface area (Å²) in [7, 11) is 0. The third-order valence-electron chi connectivity index (χ3n) is 3.66. The smallest absolute Gasteiger partial charge is 0.146 e. The molecule has 4 aromatic rings. The van der Waals surface area contributed by atoms with E-state index < -0.39 is 0 Å². The number of aromatic nitrogens is 3. The fourth-order valence-corrected chi connectivity index (χ4v) is 3.05. The van der Waals surface area contributed by atoms with Gasteiger partial charge in [0.05, 0.1) is 17.0 Å². The molecule has 4 nitrogen and oxygen atoms in total. The van der Waals surface area contributed by atoms with Crippen LogP contribution in [0, 0.1) is 6.92 Å². The van der Waals surface area contributed by atoms with E-state index in [0.717, 1.165) is 38.1 Å². The van der Waals surface area contributed by atoms with Gasteiger partial charge in [-0.1, -0.05) is 23.4 Å². The van der Waals surface area contributed by atoms with Crippen molar-refractivity contribution in [1.29, 1.82) is 0 Å². The number of nitrogens with zero attached hydrogens (tertiary/aromatic N) is 3. The molecule has 3 heterocycles. The van der Waals surface area contributed by atoms with E-state index in [1.807, 2.05) is 37.4 Å². The molecule has 0 saturated carbocycles. The highest BCUT2D eigenvalue weighted by Crippen LogP contribution is 2.30. The molecule has 0 spiro atoms. The van der Waals surface area contributed by atoms with Crippen molar-refractivity contribution in [3.63, 3.8) is 0 Å². The molecule has 0 fully saturated rings. The fourth-order valence-electron chi connectivity index (χ4n) is 2.54. The van der Waals surface area contributed by atoms with Gasteiger partial charge >= 0.3 is 0 Å². The van der Waals surface area contributed by atoms with Crippen molar-refractivity contribution in [3.05, 3.63) is 65.1 Å². The number of aryl methyl sites for hydroxylation is 1. The molecule has 0 unspecified atom stereocenters. The van der Waals surface area contributed by atoms with Gasteiger partial charge in [-0.05, 0) is 47.1 Å². The third-order valence-corrected chi connectivity index (χ3v) is 4.30. The third kappa shape index (κ3) is 2.05. The Morgan fingerprint density at radius 2 is 1.91 bits per heavy atom. The average molecular weight is 354 g/mol. The summed E-state index contributed by atoms with van der Waals surface area (Å²) in [5, 5.41) is 5.00. The Hall–Kier alpha value is -2.40. The summed E-state index contributed by atoms with van der Waals surface area (Å²) in [5.41, 5.74) is 4.58. The lowest BCUT2D eigenvalue weighted by molar-refractivity contribution is 0.415. The highest BCUT2D eigenvalue weighted by atomic mass is 79.9. The minimum absolute atomic E-state index is 0.837. The molecule has 22 heavy (non-hydrogen) atoms. The van der Waals surface area contributed by atoms with Crippen LogP contribution in [0.2, 0.25) is 0 Å². The summed E-state index contributed by atoms with van der Waals surface area (Å²) < 4.78 is 8.12. The quantitative estimate of drug-likeness (QED) is 0.522. The molecular formula is C17H12BrN3O. The predicted octanol–water partition coefficient (Wildman–Crippen LogP) is 4.75. The van der Waals surface area contributed by atoms with Crippen molar-refractivity contribution in [2.45, 2.75) is 6.92 Å². The van der Waals surface area contributed by atoms with Crippen LogP contribution in [-0.4, -0.2) is 14.7 Å². The standard InChI is InChI=1S/C17H12BrN3O/c1-11-14(10-22-20-11)16-8-7-13-15(18)9-21(17(13)19-16)12-5-3-2-4-6-12/h2-10H,1H3. The first-order valence-corrected chi connectivity index (χ1v) is 7.68. The summed E-state index contributed by atoms with van der Waals surface area (Å²) >= 11 is 3.61. The minimum Gasteiger partial charge on any atom is -0.364 e. The molecule has 4 rings (SSSR count). The van der Waals surface area contributed by atoms with Gasteiger partial charge in [0.25, 0.3) is 0 Å². The maximum Gasteiger partial charge on any atom is 0.146 e. The predicted molar refractivity (Wildman–Crippen MR) is 89.0 cm³/mol. The SMILES string of the molecule is Cc1nocc1-c1ccc2c(Br)cn(-c3ccccc3)c2n1. The molecule has 5 heteroatoms. The molecule has 0 saturated heterocycles. The maximum absolute atomic E-state index is 5.03. The van der Waals surface area contributed by atoms with Crippen LogP contribution < -0.4 is 0 Å². The number of rotatable bonds is 2. The van der Waals surface area contributed by atoms with Gasteiger partial charge in [0.1, 0.15) is 11.9 Å². The van der Waals surface area contributed by atoms with Crippen LogP contribution in [0.3, 0.4) is 0 Å². The van der Waals surface area contributed by atoms with E-state index in [4.69, 9.17) is 9.51 Å². The van der Waals surface area contributed by atoms with Gasteiger partial charge in [-0.25, -0.2) is 4.98 Å². The Kier molecular flexibility index (Phi) is 3.08. The van der Waals surface area contributed by atoms with Crippen LogP contribution in [-0.2, 0) is 0 Å². The molecule has 0 N–H and O–H groups in total. The Morgan fingerprint density at radius 1 is 1.09 bits per heavy atom. The first kappa shape index (κ1) is 13.3. The highest BCUT2D eigenvalue weighted by molar-refractivity contribution is 9.10. The summed E-state index contributed by atoms with van der Waals surface area (Å²) in [6.07, 6.45) is 3.67. The van der Waals surface area contributed by atoms with Crippen molar-refractivity contribution in [2.75, 3.05) is 0 Å². The maximum atomic E-state index is 5.03. The van der Waals surface area contributed by atoms with Gasteiger partial charge in [-0.15, -0.1) is 0 Å². The van der Waals surface area contributed by atoms with Crippen LogP contribution in [0.25, 0.3) is 28.0 Å². The van der Waals surface area contributed by atoms with Gasteiger partial charge in [-0.2, -0.15) is 0 Å². The first-order chi connectivity index (χ1) is 10.7. The normalized spacial score (nSPS) is 11.2. The first-order valence-electron chi connectivity index (χ1n) is 6.88. The molecule has 108 valence electrons. The van der Waals surface area contributed by atoms with Crippen molar-refractivity contribution in [1.82, 2.24) is 14.7 Å². The van der Waals surface area contributed by atoms with Crippen molar-refractivity contribution < 1.29 is 4.52 Å². The molecule has 0 aliphatic heterocycles. The lowest BCUT2D eigenvalue weighted by Crippen LogP contribution is -1.94. The molecule has 0 bridgehead atoms. The molecule has 0 amide bonds. The number of fused-ring (bicyclic) bond motifs is 1. The van der Waals surface area contributed by atoms with Gasteiger partial charge in [0, 0.05) is 21.7 Å². The second kappa shape index (κ2) is 5.10. The molecular weight excluding hydrogens is 342 g/mol. The highest BCUT2D eigenvalue weighted by Gasteiger charge is 2.13.